The summed E-state index contributed by atoms with van der Waals surface area (Å²) in [6.45, 7) is 19.2. The number of unbranched alkanes of at least 4 members (excludes halogenated alkanes) is 16. The summed E-state index contributed by atoms with van der Waals surface area (Å²) in [6, 6.07) is 0. The SMILES string of the molecule is CCCCCOc1c(O)c(OCCCCC)c(OCCCCC)c(C(=O)c2c(OCCCCC)c(OCCCCC)c(O)c(OCCCCC)c2OCCCCC)c1OCCCCC. The van der Waals surface area contributed by atoms with E-state index in [1.54, 1.807) is 0 Å². The molecule has 0 aliphatic rings. The molecule has 0 fully saturated rings. The number of hydrogen-bond donors (Lipinski definition) is 2. The molecule has 0 aliphatic heterocycles. The number of ether oxygens (including phenoxy) is 8. The highest BCUT2D eigenvalue weighted by atomic mass is 16.6. The van der Waals surface area contributed by atoms with Gasteiger partial charge in [0.25, 0.3) is 0 Å². The molecule has 2 N–H and O–H groups in total. The molecule has 0 aromatic heterocycles. The summed E-state index contributed by atoms with van der Waals surface area (Å²) in [4.78, 5) is 16.3. The Hall–Kier alpha value is -3.89. The van der Waals surface area contributed by atoms with E-state index >= 15 is 4.79 Å². The van der Waals surface area contributed by atoms with E-state index in [9.17, 15) is 10.2 Å². The molecule has 0 unspecified atom stereocenters. The Labute approximate surface area is 388 Å². The fourth-order valence-corrected chi connectivity index (χ4v) is 7.13. The second-order valence-electron chi connectivity index (χ2n) is 16.9. The van der Waals surface area contributed by atoms with Gasteiger partial charge in [-0.1, -0.05) is 158 Å². The van der Waals surface area contributed by atoms with E-state index in [-0.39, 0.29) is 121 Å². The van der Waals surface area contributed by atoms with Crippen LogP contribution in [0.4, 0.5) is 0 Å². The molecule has 0 spiro atoms. The Morgan fingerprint density at radius 3 is 0.594 bits per heavy atom. The molecule has 368 valence electrons. The maximum Gasteiger partial charge on any atom is 0.208 e. The summed E-state index contributed by atoms with van der Waals surface area (Å²) in [7, 11) is 0. The van der Waals surface area contributed by atoms with Crippen molar-refractivity contribution in [2.75, 3.05) is 52.9 Å². The first-order valence-corrected chi connectivity index (χ1v) is 25.8. The van der Waals surface area contributed by atoms with Crippen LogP contribution in [0.2, 0.25) is 0 Å². The van der Waals surface area contributed by atoms with Gasteiger partial charge in [-0.25, -0.2) is 0 Å². The molecule has 64 heavy (non-hydrogen) atoms. The summed E-state index contributed by atoms with van der Waals surface area (Å²) in [5, 5.41) is 24.5. The molecule has 0 aliphatic carbocycles. The van der Waals surface area contributed by atoms with Gasteiger partial charge in [0.05, 0.1) is 52.9 Å². The smallest absolute Gasteiger partial charge is 0.208 e. The highest BCUT2D eigenvalue weighted by molar-refractivity contribution is 6.18. The summed E-state index contributed by atoms with van der Waals surface area (Å²) >= 11 is 0. The van der Waals surface area contributed by atoms with Crippen LogP contribution in [-0.2, 0) is 0 Å². The number of aromatic hydroxyl groups is 2. The minimum atomic E-state index is -0.569. The van der Waals surface area contributed by atoms with Gasteiger partial charge in [0.15, 0.2) is 23.0 Å². The van der Waals surface area contributed by atoms with E-state index in [0.717, 1.165) is 128 Å². The van der Waals surface area contributed by atoms with Gasteiger partial charge in [-0.15, -0.1) is 0 Å². The zero-order chi connectivity index (χ0) is 46.8. The van der Waals surface area contributed by atoms with Gasteiger partial charge in [0.2, 0.25) is 40.3 Å². The molecule has 0 amide bonds. The number of carbonyl (C=O) groups excluding carboxylic acids is 1. The molecule has 11 heteroatoms. The lowest BCUT2D eigenvalue weighted by molar-refractivity contribution is 0.101. The van der Waals surface area contributed by atoms with Crippen LogP contribution in [0.15, 0.2) is 0 Å². The third-order valence-electron chi connectivity index (χ3n) is 11.0. The van der Waals surface area contributed by atoms with Crippen molar-refractivity contribution in [1.29, 1.82) is 0 Å². The molecule has 0 saturated carbocycles. The zero-order valence-corrected chi connectivity index (χ0v) is 41.7. The largest absolute Gasteiger partial charge is 0.501 e. The first kappa shape index (κ1) is 56.2. The van der Waals surface area contributed by atoms with Gasteiger partial charge < -0.3 is 48.1 Å². The molecule has 2 rings (SSSR count). The Bertz CT molecular complexity index is 1330. The number of ketones is 1. The number of hydrogen-bond acceptors (Lipinski definition) is 11. The van der Waals surface area contributed by atoms with Crippen LogP contribution < -0.4 is 37.9 Å². The lowest BCUT2D eigenvalue weighted by Gasteiger charge is -2.26. The topological polar surface area (TPSA) is 131 Å². The molecule has 2 aromatic carbocycles. The number of benzene rings is 2. The summed E-state index contributed by atoms with van der Waals surface area (Å²) in [5.41, 5.74) is 0.0521. The van der Waals surface area contributed by atoms with Gasteiger partial charge in [-0.2, -0.15) is 0 Å². The van der Waals surface area contributed by atoms with Crippen LogP contribution in [0.5, 0.6) is 57.5 Å². The third-order valence-corrected chi connectivity index (χ3v) is 11.0. The number of carbonyl (C=O) groups is 1. The fraction of sp³-hybridized carbons (Fsp3) is 0.755. The fourth-order valence-electron chi connectivity index (χ4n) is 7.13. The Balaban J connectivity index is 3.30. The van der Waals surface area contributed by atoms with Crippen molar-refractivity contribution in [3.63, 3.8) is 0 Å². The van der Waals surface area contributed by atoms with Crippen LogP contribution in [0.25, 0.3) is 0 Å². The quantitative estimate of drug-likeness (QED) is 0.0487. The Kier molecular flexibility index (Phi) is 31.1. The third kappa shape index (κ3) is 18.9. The van der Waals surface area contributed by atoms with Crippen molar-refractivity contribution in [3.05, 3.63) is 11.1 Å². The normalized spacial score (nSPS) is 11.1. The number of phenolic OH excluding ortho intramolecular Hbond substituents is 2. The first-order chi connectivity index (χ1) is 31.3. The van der Waals surface area contributed by atoms with Gasteiger partial charge in [0, 0.05) is 0 Å². The van der Waals surface area contributed by atoms with Gasteiger partial charge >= 0.3 is 0 Å². The van der Waals surface area contributed by atoms with Crippen molar-refractivity contribution < 1.29 is 52.9 Å². The lowest BCUT2D eigenvalue weighted by Crippen LogP contribution is -2.18. The highest BCUT2D eigenvalue weighted by Gasteiger charge is 2.39. The van der Waals surface area contributed by atoms with E-state index in [0.29, 0.717) is 25.7 Å². The minimum absolute atomic E-state index is 0.0261. The predicted molar refractivity (Wildman–Crippen MR) is 260 cm³/mol. The monoisotopic (exact) mass is 903 g/mol. The molecular formula is C53H90O11. The van der Waals surface area contributed by atoms with E-state index < -0.39 is 5.78 Å². The molecular weight excluding hydrogens is 813 g/mol. The molecule has 0 bridgehead atoms. The predicted octanol–water partition coefficient (Wildman–Crippen LogP) is 14.9. The molecule has 0 heterocycles. The molecule has 11 nitrogen and oxygen atoms in total. The van der Waals surface area contributed by atoms with E-state index in [4.69, 9.17) is 37.9 Å². The van der Waals surface area contributed by atoms with Crippen LogP contribution in [0.3, 0.4) is 0 Å². The average molecular weight is 903 g/mol. The number of phenols is 2. The first-order valence-electron chi connectivity index (χ1n) is 25.8. The molecule has 0 atom stereocenters. The van der Waals surface area contributed by atoms with Crippen LogP contribution >= 0.6 is 0 Å². The standard InChI is InChI=1S/C53H90O11/c1-9-17-25-33-57-46-41(47(58-34-26-18-10-2)51(62-38-30-22-14-6)44(55)50(46)61-37-29-21-13-5)43(54)42-48(59-35-27-19-11-3)52(63-39-31-23-15-7)45(56)53(64-40-32-24-16-8)49(42)60-36-28-20-12-4/h55-56H,9-40H2,1-8H3. The molecule has 2 aromatic rings. The lowest BCUT2D eigenvalue weighted by atomic mass is 9.96. The second kappa shape index (κ2) is 35.4. The summed E-state index contributed by atoms with van der Waals surface area (Å²) in [6.07, 6.45) is 20.8. The molecule has 0 saturated heterocycles. The van der Waals surface area contributed by atoms with Gasteiger partial charge in [-0.05, 0) is 51.4 Å². The second-order valence-corrected chi connectivity index (χ2v) is 16.9. The van der Waals surface area contributed by atoms with Crippen molar-refractivity contribution >= 4 is 5.78 Å². The summed E-state index contributed by atoms with van der Waals surface area (Å²) in [5.74, 6) is -0.699. The maximum absolute atomic E-state index is 16.3. The average Bonchev–Trinajstić information content (AvgIpc) is 3.29. The van der Waals surface area contributed by atoms with E-state index in [1.165, 1.54) is 0 Å². The highest BCUT2D eigenvalue weighted by Crippen LogP contribution is 2.58. The van der Waals surface area contributed by atoms with Crippen molar-refractivity contribution in [1.82, 2.24) is 0 Å². The Morgan fingerprint density at radius 2 is 0.438 bits per heavy atom. The zero-order valence-electron chi connectivity index (χ0n) is 41.7. The van der Waals surface area contributed by atoms with Crippen molar-refractivity contribution in [2.45, 2.75) is 209 Å². The Morgan fingerprint density at radius 1 is 0.281 bits per heavy atom. The van der Waals surface area contributed by atoms with E-state index in [1.807, 2.05) is 0 Å². The molecule has 0 radical (unpaired) electrons. The van der Waals surface area contributed by atoms with Crippen LogP contribution in [0.1, 0.15) is 225 Å². The van der Waals surface area contributed by atoms with Crippen LogP contribution in [0, 0.1) is 0 Å². The van der Waals surface area contributed by atoms with Crippen molar-refractivity contribution in [3.8, 4) is 57.5 Å². The van der Waals surface area contributed by atoms with Gasteiger partial charge in [0.1, 0.15) is 11.1 Å². The van der Waals surface area contributed by atoms with Crippen molar-refractivity contribution in [2.24, 2.45) is 0 Å². The van der Waals surface area contributed by atoms with Gasteiger partial charge in [-0.3, -0.25) is 4.79 Å². The number of rotatable bonds is 42. The van der Waals surface area contributed by atoms with E-state index in [2.05, 4.69) is 55.4 Å². The van der Waals surface area contributed by atoms with Crippen LogP contribution in [-0.4, -0.2) is 68.9 Å². The minimum Gasteiger partial charge on any atom is -0.501 e. The summed E-state index contributed by atoms with van der Waals surface area (Å²) < 4.78 is 52.5. The maximum atomic E-state index is 16.3.